The minimum absolute atomic E-state index is 0.326. The van der Waals surface area contributed by atoms with Crippen molar-refractivity contribution in [2.24, 2.45) is 11.8 Å². The maximum atomic E-state index is 5.01. The van der Waals surface area contributed by atoms with Crippen molar-refractivity contribution in [1.82, 2.24) is 9.97 Å². The normalized spacial score (nSPS) is 13.3. The highest BCUT2D eigenvalue weighted by atomic mass is 15.2. The third kappa shape index (κ3) is 10.0. The first-order valence-corrected chi connectivity index (χ1v) is 16.3. The second kappa shape index (κ2) is 16.1. The first kappa shape index (κ1) is 32.8. The van der Waals surface area contributed by atoms with Crippen molar-refractivity contribution in [3.63, 3.8) is 0 Å². The van der Waals surface area contributed by atoms with E-state index < -0.39 is 0 Å². The summed E-state index contributed by atoms with van der Waals surface area (Å²) < 4.78 is 0. The molecule has 4 rings (SSSR count). The summed E-state index contributed by atoms with van der Waals surface area (Å²) in [6.07, 6.45) is 6.55. The Labute approximate surface area is 265 Å². The Morgan fingerprint density at radius 2 is 1.36 bits per heavy atom. The molecular formula is C38H52N6. The summed E-state index contributed by atoms with van der Waals surface area (Å²) in [6.45, 7) is 16.8. The number of hydrogen-bond acceptors (Lipinski definition) is 6. The number of pyridine rings is 2. The Morgan fingerprint density at radius 3 is 1.98 bits per heavy atom. The van der Waals surface area contributed by atoms with E-state index in [1.54, 1.807) is 0 Å². The number of nitrogens with one attached hydrogen (secondary N) is 3. The molecule has 234 valence electrons. The van der Waals surface area contributed by atoms with Gasteiger partial charge in [-0.15, -0.1) is 0 Å². The molecule has 6 nitrogen and oxygen atoms in total. The van der Waals surface area contributed by atoms with Gasteiger partial charge >= 0.3 is 0 Å². The number of aryl methyl sites for hydroxylation is 2. The van der Waals surface area contributed by atoms with Crippen molar-refractivity contribution in [2.75, 3.05) is 27.4 Å². The van der Waals surface area contributed by atoms with Gasteiger partial charge in [-0.2, -0.15) is 0 Å². The van der Waals surface area contributed by atoms with Gasteiger partial charge in [0.25, 0.3) is 0 Å². The van der Waals surface area contributed by atoms with Gasteiger partial charge in [-0.1, -0.05) is 57.2 Å². The second-order valence-electron chi connectivity index (χ2n) is 12.9. The predicted molar refractivity (Wildman–Crippen MR) is 190 cm³/mol. The van der Waals surface area contributed by atoms with Crippen LogP contribution in [0, 0.1) is 25.7 Å². The first-order valence-electron chi connectivity index (χ1n) is 16.3. The van der Waals surface area contributed by atoms with Gasteiger partial charge in [0.15, 0.2) is 0 Å². The van der Waals surface area contributed by atoms with Crippen LogP contribution in [0.2, 0.25) is 0 Å². The summed E-state index contributed by atoms with van der Waals surface area (Å²) in [5.41, 5.74) is 6.38. The molecule has 2 aromatic carbocycles. The fourth-order valence-electron chi connectivity index (χ4n) is 5.57. The summed E-state index contributed by atoms with van der Waals surface area (Å²) in [4.78, 5) is 12.4. The molecule has 44 heavy (non-hydrogen) atoms. The quantitative estimate of drug-likeness (QED) is 0.120. The van der Waals surface area contributed by atoms with Crippen molar-refractivity contribution < 1.29 is 0 Å². The molecule has 0 aliphatic rings. The summed E-state index contributed by atoms with van der Waals surface area (Å²) in [6, 6.07) is 27.7. The van der Waals surface area contributed by atoms with Crippen molar-refractivity contribution in [1.29, 1.82) is 0 Å². The molecule has 3 N–H and O–H groups in total. The summed E-state index contributed by atoms with van der Waals surface area (Å²) >= 11 is 0. The molecule has 2 aromatic heterocycles. The maximum absolute atomic E-state index is 5.01. The van der Waals surface area contributed by atoms with Crippen molar-refractivity contribution in [3.05, 3.63) is 96.3 Å². The van der Waals surface area contributed by atoms with Gasteiger partial charge in [0.05, 0.1) is 23.3 Å². The van der Waals surface area contributed by atoms with Crippen LogP contribution in [-0.4, -0.2) is 28.6 Å². The van der Waals surface area contributed by atoms with Gasteiger partial charge in [-0.05, 0) is 113 Å². The zero-order valence-corrected chi connectivity index (χ0v) is 27.8. The highest BCUT2D eigenvalue weighted by Gasteiger charge is 2.21. The monoisotopic (exact) mass is 592 g/mol. The Morgan fingerprint density at radius 1 is 0.705 bits per heavy atom. The molecule has 0 amide bonds. The zero-order valence-electron chi connectivity index (χ0n) is 27.8. The Balaban J connectivity index is 1.36. The number of benzene rings is 2. The molecule has 3 atom stereocenters. The fraction of sp³-hybridized carbons (Fsp3) is 0.421. The molecule has 2 heterocycles. The van der Waals surface area contributed by atoms with E-state index in [0.717, 1.165) is 65.9 Å². The summed E-state index contributed by atoms with van der Waals surface area (Å²) in [7, 11) is 0. The molecule has 3 unspecified atom stereocenters. The lowest BCUT2D eigenvalue weighted by molar-refractivity contribution is 0.434. The Hall–Kier alpha value is -4.06. The van der Waals surface area contributed by atoms with Crippen LogP contribution in [0.1, 0.15) is 71.6 Å². The molecular weight excluding hydrogens is 540 g/mol. The van der Waals surface area contributed by atoms with E-state index in [1.807, 2.05) is 42.6 Å². The summed E-state index contributed by atoms with van der Waals surface area (Å²) in [5.74, 6) is 3.24. The van der Waals surface area contributed by atoms with Gasteiger partial charge in [0.2, 0.25) is 0 Å². The van der Waals surface area contributed by atoms with Crippen molar-refractivity contribution >= 4 is 34.4 Å². The number of hydrogen-bond donors (Lipinski definition) is 3. The molecule has 0 bridgehead atoms. The number of aromatic nitrogens is 2. The standard InChI is InChI=1S/C38H52N6/c1-27(2)18-21-31(6)44(38-29(4)24-35(25-39-38)42-33-14-10-8-11-15-33)26-28(3)19-20-30(5)40-37-23-22-36(32(7)41-37)43-34-16-12-9-13-17-34/h8-17,22-25,27-28,30-31,42-43H,18-21,26H2,1-7H3,(H,40,41). The van der Waals surface area contributed by atoms with E-state index in [9.17, 15) is 0 Å². The number of nitrogens with zero attached hydrogens (tertiary/aromatic N) is 3. The van der Waals surface area contributed by atoms with Crippen LogP contribution in [0.4, 0.5) is 34.4 Å². The van der Waals surface area contributed by atoms with Crippen LogP contribution in [0.25, 0.3) is 0 Å². The highest BCUT2D eigenvalue weighted by molar-refractivity contribution is 5.64. The largest absolute Gasteiger partial charge is 0.368 e. The van der Waals surface area contributed by atoms with Crippen LogP contribution >= 0.6 is 0 Å². The maximum Gasteiger partial charge on any atom is 0.131 e. The first-order chi connectivity index (χ1) is 21.2. The zero-order chi connectivity index (χ0) is 31.5. The van der Waals surface area contributed by atoms with E-state index in [4.69, 9.17) is 9.97 Å². The van der Waals surface area contributed by atoms with E-state index in [0.29, 0.717) is 23.9 Å². The van der Waals surface area contributed by atoms with E-state index in [1.165, 1.54) is 12.0 Å². The molecule has 0 saturated heterocycles. The molecule has 0 saturated carbocycles. The molecule has 6 heteroatoms. The van der Waals surface area contributed by atoms with Gasteiger partial charge < -0.3 is 20.9 Å². The molecule has 0 radical (unpaired) electrons. The lowest BCUT2D eigenvalue weighted by Gasteiger charge is -2.34. The minimum Gasteiger partial charge on any atom is -0.368 e. The van der Waals surface area contributed by atoms with Crippen molar-refractivity contribution in [2.45, 2.75) is 86.2 Å². The van der Waals surface area contributed by atoms with E-state index in [-0.39, 0.29) is 0 Å². The van der Waals surface area contributed by atoms with Crippen LogP contribution in [0.5, 0.6) is 0 Å². The Kier molecular flexibility index (Phi) is 12.0. The smallest absolute Gasteiger partial charge is 0.131 e. The second-order valence-corrected chi connectivity index (χ2v) is 12.9. The van der Waals surface area contributed by atoms with Crippen molar-refractivity contribution in [3.8, 4) is 0 Å². The molecule has 4 aromatic rings. The average Bonchev–Trinajstić information content (AvgIpc) is 3.00. The van der Waals surface area contributed by atoms with Gasteiger partial charge in [-0.25, -0.2) is 9.97 Å². The van der Waals surface area contributed by atoms with Crippen LogP contribution in [-0.2, 0) is 0 Å². The van der Waals surface area contributed by atoms with Crippen LogP contribution in [0.3, 0.4) is 0 Å². The van der Waals surface area contributed by atoms with Gasteiger partial charge in [-0.3, -0.25) is 0 Å². The van der Waals surface area contributed by atoms with Crippen LogP contribution < -0.4 is 20.9 Å². The highest BCUT2D eigenvalue weighted by Crippen LogP contribution is 2.28. The van der Waals surface area contributed by atoms with Gasteiger partial charge in [0.1, 0.15) is 11.6 Å². The number of para-hydroxylation sites is 2. The molecule has 0 spiro atoms. The third-order valence-corrected chi connectivity index (χ3v) is 8.21. The Bertz CT molecular complexity index is 1420. The topological polar surface area (TPSA) is 65.1 Å². The van der Waals surface area contributed by atoms with Crippen LogP contribution in [0.15, 0.2) is 85.1 Å². The number of anilines is 6. The molecule has 0 fully saturated rings. The fourth-order valence-corrected chi connectivity index (χ4v) is 5.57. The average molecular weight is 593 g/mol. The van der Waals surface area contributed by atoms with Gasteiger partial charge in [0, 0.05) is 30.0 Å². The minimum atomic E-state index is 0.326. The lowest BCUT2D eigenvalue weighted by atomic mass is 9.98. The summed E-state index contributed by atoms with van der Waals surface area (Å²) in [5, 5.41) is 10.6. The molecule has 0 aliphatic heterocycles. The lowest BCUT2D eigenvalue weighted by Crippen LogP contribution is -2.38. The van der Waals surface area contributed by atoms with E-state index in [2.05, 4.69) is 112 Å². The third-order valence-electron chi connectivity index (χ3n) is 8.21. The van der Waals surface area contributed by atoms with E-state index >= 15 is 0 Å². The SMILES string of the molecule is Cc1cc(Nc2ccccc2)cnc1N(CC(C)CCC(C)Nc1ccc(Nc2ccccc2)c(C)n1)C(C)CCC(C)C. The molecule has 0 aliphatic carbocycles. The predicted octanol–water partition coefficient (Wildman–Crippen LogP) is 10.1. The number of rotatable bonds is 16.